The van der Waals surface area contributed by atoms with Crippen molar-refractivity contribution in [2.45, 2.75) is 47.5 Å². The molecule has 0 saturated heterocycles. The van der Waals surface area contributed by atoms with Gasteiger partial charge in [0.15, 0.2) is 0 Å². The molecule has 0 aliphatic rings. The standard InChI is InChI=1S/C18H26ClNO/c1-7-15-8-9-16(11-17(15)21-6)18(20-14(5)19)13(4)10-12(2)3/h8-9,11-12H,7,10H2,1-6H3/b18-13+,20-14?. The van der Waals surface area contributed by atoms with Crippen molar-refractivity contribution < 1.29 is 4.74 Å². The molecular weight excluding hydrogens is 282 g/mol. The van der Waals surface area contributed by atoms with Gasteiger partial charge in [0, 0.05) is 5.56 Å². The van der Waals surface area contributed by atoms with E-state index >= 15 is 0 Å². The minimum Gasteiger partial charge on any atom is -0.496 e. The van der Waals surface area contributed by atoms with Crippen LogP contribution in [0.3, 0.4) is 0 Å². The van der Waals surface area contributed by atoms with Gasteiger partial charge in [-0.05, 0) is 49.8 Å². The van der Waals surface area contributed by atoms with Crippen LogP contribution in [0.2, 0.25) is 0 Å². The van der Waals surface area contributed by atoms with Gasteiger partial charge in [0.1, 0.15) is 10.9 Å². The van der Waals surface area contributed by atoms with E-state index in [1.165, 1.54) is 11.1 Å². The zero-order chi connectivity index (χ0) is 16.0. The summed E-state index contributed by atoms with van der Waals surface area (Å²) in [5.74, 6) is 1.50. The van der Waals surface area contributed by atoms with Crippen LogP contribution in [0.5, 0.6) is 5.75 Å². The molecule has 0 heterocycles. The highest BCUT2D eigenvalue weighted by molar-refractivity contribution is 6.65. The fourth-order valence-electron chi connectivity index (χ4n) is 2.45. The Bertz CT molecular complexity index is 540. The summed E-state index contributed by atoms with van der Waals surface area (Å²) >= 11 is 6.02. The quantitative estimate of drug-likeness (QED) is 0.618. The van der Waals surface area contributed by atoms with Crippen LogP contribution in [-0.4, -0.2) is 12.3 Å². The number of rotatable bonds is 6. The molecule has 0 aliphatic heterocycles. The predicted molar refractivity (Wildman–Crippen MR) is 93.4 cm³/mol. The molecule has 0 spiro atoms. The maximum Gasteiger partial charge on any atom is 0.122 e. The Balaban J connectivity index is 3.37. The third kappa shape index (κ3) is 5.20. The van der Waals surface area contributed by atoms with E-state index in [0.29, 0.717) is 11.1 Å². The second kappa shape index (κ2) is 8.23. The van der Waals surface area contributed by atoms with Gasteiger partial charge in [-0.3, -0.25) is 0 Å². The molecule has 1 rings (SSSR count). The zero-order valence-electron chi connectivity index (χ0n) is 14.0. The highest BCUT2D eigenvalue weighted by Crippen LogP contribution is 2.30. The average Bonchev–Trinajstić information content (AvgIpc) is 2.43. The molecule has 2 nitrogen and oxygen atoms in total. The van der Waals surface area contributed by atoms with E-state index < -0.39 is 0 Å². The Kier molecular flexibility index (Phi) is 6.97. The molecule has 0 aromatic heterocycles. The normalized spacial score (nSPS) is 13.4. The first-order valence-corrected chi connectivity index (χ1v) is 7.84. The lowest BCUT2D eigenvalue weighted by molar-refractivity contribution is 0.410. The molecule has 21 heavy (non-hydrogen) atoms. The van der Waals surface area contributed by atoms with E-state index in [1.54, 1.807) is 7.11 Å². The molecule has 0 saturated carbocycles. The number of hydrogen-bond donors (Lipinski definition) is 0. The van der Waals surface area contributed by atoms with Crippen molar-refractivity contribution in [2.24, 2.45) is 10.9 Å². The van der Waals surface area contributed by atoms with Crippen molar-refractivity contribution in [2.75, 3.05) is 7.11 Å². The fraction of sp³-hybridized carbons (Fsp3) is 0.500. The van der Waals surface area contributed by atoms with Gasteiger partial charge in [0.2, 0.25) is 0 Å². The van der Waals surface area contributed by atoms with Crippen LogP contribution in [0.25, 0.3) is 5.70 Å². The van der Waals surface area contributed by atoms with Gasteiger partial charge in [0.05, 0.1) is 12.8 Å². The molecule has 0 N–H and O–H groups in total. The number of allylic oxidation sites excluding steroid dienone is 1. The maximum atomic E-state index is 6.02. The first-order valence-electron chi connectivity index (χ1n) is 7.46. The van der Waals surface area contributed by atoms with Crippen LogP contribution in [0.1, 0.15) is 52.2 Å². The minimum absolute atomic E-state index is 0.548. The number of ether oxygens (including phenoxy) is 1. The summed E-state index contributed by atoms with van der Waals surface area (Å²) in [6.07, 6.45) is 1.95. The second-order valence-electron chi connectivity index (χ2n) is 5.72. The third-order valence-electron chi connectivity index (χ3n) is 3.33. The van der Waals surface area contributed by atoms with E-state index in [4.69, 9.17) is 16.3 Å². The van der Waals surface area contributed by atoms with E-state index in [-0.39, 0.29) is 0 Å². The van der Waals surface area contributed by atoms with Crippen molar-refractivity contribution in [1.29, 1.82) is 0 Å². The Labute approximate surface area is 133 Å². The number of aliphatic imine (C=N–C) groups is 1. The summed E-state index contributed by atoms with van der Waals surface area (Å²) in [7, 11) is 1.71. The first kappa shape index (κ1) is 17.8. The highest BCUT2D eigenvalue weighted by Gasteiger charge is 2.10. The van der Waals surface area contributed by atoms with Gasteiger partial charge in [-0.1, -0.05) is 44.5 Å². The molecule has 3 heteroatoms. The smallest absolute Gasteiger partial charge is 0.122 e. The lowest BCUT2D eigenvalue weighted by Gasteiger charge is -2.14. The fourth-order valence-corrected chi connectivity index (χ4v) is 2.54. The van der Waals surface area contributed by atoms with E-state index in [0.717, 1.165) is 29.9 Å². The molecule has 0 bridgehead atoms. The summed E-state index contributed by atoms with van der Waals surface area (Å²) < 4.78 is 5.49. The van der Waals surface area contributed by atoms with Crippen LogP contribution in [0.4, 0.5) is 0 Å². The third-order valence-corrected chi connectivity index (χ3v) is 3.41. The van der Waals surface area contributed by atoms with Gasteiger partial charge in [0.25, 0.3) is 0 Å². The Morgan fingerprint density at radius 1 is 1.29 bits per heavy atom. The molecule has 0 atom stereocenters. The van der Waals surface area contributed by atoms with Crippen LogP contribution in [-0.2, 0) is 6.42 Å². The molecule has 0 radical (unpaired) electrons. The molecule has 1 aromatic carbocycles. The topological polar surface area (TPSA) is 21.6 Å². The molecule has 116 valence electrons. The molecule has 0 aliphatic carbocycles. The number of hydrogen-bond acceptors (Lipinski definition) is 2. The predicted octanol–water partition coefficient (Wildman–Crippen LogP) is 5.69. The van der Waals surface area contributed by atoms with E-state index in [1.807, 2.05) is 6.92 Å². The van der Waals surface area contributed by atoms with Gasteiger partial charge in [-0.25, -0.2) is 4.99 Å². The second-order valence-corrected chi connectivity index (χ2v) is 6.26. The van der Waals surface area contributed by atoms with E-state index in [9.17, 15) is 0 Å². The maximum absolute atomic E-state index is 6.02. The van der Waals surface area contributed by atoms with Gasteiger partial charge in [-0.15, -0.1) is 0 Å². The van der Waals surface area contributed by atoms with Gasteiger partial charge in [-0.2, -0.15) is 0 Å². The molecule has 0 amide bonds. The highest BCUT2D eigenvalue weighted by atomic mass is 35.5. The largest absolute Gasteiger partial charge is 0.496 e. The number of aryl methyl sites for hydroxylation is 1. The molecule has 0 fully saturated rings. The number of halogens is 1. The van der Waals surface area contributed by atoms with Crippen LogP contribution in [0, 0.1) is 5.92 Å². The summed E-state index contributed by atoms with van der Waals surface area (Å²) in [6.45, 7) is 10.5. The molecule has 1 aromatic rings. The summed E-state index contributed by atoms with van der Waals surface area (Å²) in [4.78, 5) is 4.54. The lowest BCUT2D eigenvalue weighted by atomic mass is 9.98. The van der Waals surface area contributed by atoms with Crippen molar-refractivity contribution in [3.8, 4) is 5.75 Å². The number of benzene rings is 1. The molecule has 0 unspecified atom stereocenters. The Morgan fingerprint density at radius 3 is 2.43 bits per heavy atom. The summed E-state index contributed by atoms with van der Waals surface area (Å²) in [6, 6.07) is 6.26. The van der Waals surface area contributed by atoms with Gasteiger partial charge >= 0.3 is 0 Å². The Hall–Kier alpha value is -1.28. The average molecular weight is 308 g/mol. The minimum atomic E-state index is 0.548. The molecular formula is C18H26ClNO. The zero-order valence-corrected chi connectivity index (χ0v) is 14.7. The number of methoxy groups -OCH3 is 1. The number of nitrogens with zero attached hydrogens (tertiary/aromatic N) is 1. The Morgan fingerprint density at radius 2 is 1.95 bits per heavy atom. The van der Waals surface area contributed by atoms with Crippen LogP contribution < -0.4 is 4.74 Å². The van der Waals surface area contributed by atoms with E-state index in [2.05, 4.69) is 50.9 Å². The van der Waals surface area contributed by atoms with Crippen molar-refractivity contribution >= 4 is 22.5 Å². The summed E-state index contributed by atoms with van der Waals surface area (Å²) in [5.41, 5.74) is 4.46. The van der Waals surface area contributed by atoms with Crippen molar-refractivity contribution in [1.82, 2.24) is 0 Å². The monoisotopic (exact) mass is 307 g/mol. The summed E-state index contributed by atoms with van der Waals surface area (Å²) in [5, 5.41) is 0.548. The lowest BCUT2D eigenvalue weighted by Crippen LogP contribution is -1.97. The van der Waals surface area contributed by atoms with Crippen molar-refractivity contribution in [3.63, 3.8) is 0 Å². The van der Waals surface area contributed by atoms with Gasteiger partial charge < -0.3 is 4.74 Å². The SMILES string of the molecule is CCc1ccc(/C(N=C(C)Cl)=C(/C)CC(C)C)cc1OC. The van der Waals surface area contributed by atoms with Crippen molar-refractivity contribution in [3.05, 3.63) is 34.9 Å². The van der Waals surface area contributed by atoms with Crippen LogP contribution >= 0.6 is 11.6 Å². The first-order chi connectivity index (χ1) is 9.88. The van der Waals surface area contributed by atoms with Crippen LogP contribution in [0.15, 0.2) is 28.8 Å².